The Morgan fingerprint density at radius 1 is 1.26 bits per heavy atom. The van der Waals surface area contributed by atoms with Crippen LogP contribution < -0.4 is 5.32 Å². The molecule has 1 aliphatic rings. The lowest BCUT2D eigenvalue weighted by atomic mass is 9.75. The summed E-state index contributed by atoms with van der Waals surface area (Å²) in [5.74, 6) is 0.264. The van der Waals surface area contributed by atoms with Crippen molar-refractivity contribution in [3.05, 3.63) is 42.1 Å². The second-order valence-corrected chi connectivity index (χ2v) is 5.55. The van der Waals surface area contributed by atoms with E-state index in [1.54, 1.807) is 6.20 Å². The van der Waals surface area contributed by atoms with Gasteiger partial charge in [0.05, 0.1) is 5.52 Å². The summed E-state index contributed by atoms with van der Waals surface area (Å²) in [7, 11) is 0. The molecule has 3 nitrogen and oxygen atoms in total. The van der Waals surface area contributed by atoms with Crippen molar-refractivity contribution in [1.82, 2.24) is 10.3 Å². The van der Waals surface area contributed by atoms with Crippen LogP contribution in [-0.2, 0) is 0 Å². The maximum atomic E-state index is 12.7. The van der Waals surface area contributed by atoms with Crippen molar-refractivity contribution in [2.24, 2.45) is 5.41 Å². The number of Topliss-reactive ketones (excluding diaryl/α,β-unsaturated/α-hetero) is 1. The Hall–Kier alpha value is -1.74. The first-order valence-electron chi connectivity index (χ1n) is 6.79. The minimum absolute atomic E-state index is 0.221. The van der Waals surface area contributed by atoms with Crippen LogP contribution in [0.5, 0.6) is 0 Å². The molecule has 0 radical (unpaired) electrons. The molecule has 1 aliphatic heterocycles. The fourth-order valence-electron chi connectivity index (χ4n) is 2.77. The summed E-state index contributed by atoms with van der Waals surface area (Å²) in [6.45, 7) is 3.94. The molecule has 2 aromatic rings. The topological polar surface area (TPSA) is 42.0 Å². The number of rotatable bonds is 2. The molecule has 1 N–H and O–H groups in total. The first kappa shape index (κ1) is 12.3. The lowest BCUT2D eigenvalue weighted by Gasteiger charge is -2.32. The minimum Gasteiger partial charge on any atom is -0.317 e. The Morgan fingerprint density at radius 3 is 2.84 bits per heavy atom. The molecule has 1 aromatic heterocycles. The molecule has 3 heteroatoms. The number of piperidine rings is 1. The summed E-state index contributed by atoms with van der Waals surface area (Å²) >= 11 is 0. The molecule has 0 bridgehead atoms. The van der Waals surface area contributed by atoms with Crippen LogP contribution >= 0.6 is 0 Å². The van der Waals surface area contributed by atoms with Crippen molar-refractivity contribution >= 4 is 16.7 Å². The van der Waals surface area contributed by atoms with Gasteiger partial charge in [-0.1, -0.05) is 13.0 Å². The van der Waals surface area contributed by atoms with E-state index in [4.69, 9.17) is 0 Å². The van der Waals surface area contributed by atoms with E-state index in [2.05, 4.69) is 17.2 Å². The SMILES string of the molecule is CC1(C(=O)c2ccc3ncccc3c2)CCNCC1. The third-order valence-corrected chi connectivity index (χ3v) is 4.12. The summed E-state index contributed by atoms with van der Waals surface area (Å²) in [6.07, 6.45) is 3.60. The van der Waals surface area contributed by atoms with Crippen molar-refractivity contribution in [3.63, 3.8) is 0 Å². The summed E-state index contributed by atoms with van der Waals surface area (Å²) in [6, 6.07) is 9.72. The summed E-state index contributed by atoms with van der Waals surface area (Å²) in [4.78, 5) is 17.0. The molecule has 0 atom stereocenters. The number of carbonyl (C=O) groups excluding carboxylic acids is 1. The van der Waals surface area contributed by atoms with E-state index in [1.807, 2.05) is 30.3 Å². The Balaban J connectivity index is 1.97. The smallest absolute Gasteiger partial charge is 0.168 e. The lowest BCUT2D eigenvalue weighted by molar-refractivity contribution is 0.0762. The molecule has 2 heterocycles. The molecule has 19 heavy (non-hydrogen) atoms. The zero-order valence-electron chi connectivity index (χ0n) is 11.1. The van der Waals surface area contributed by atoms with Crippen LogP contribution in [0.15, 0.2) is 36.5 Å². The van der Waals surface area contributed by atoms with Gasteiger partial charge in [0.1, 0.15) is 0 Å². The fraction of sp³-hybridized carbons (Fsp3) is 0.375. The van der Waals surface area contributed by atoms with Crippen LogP contribution in [-0.4, -0.2) is 23.9 Å². The third-order valence-electron chi connectivity index (χ3n) is 4.12. The number of hydrogen-bond donors (Lipinski definition) is 1. The number of aromatic nitrogens is 1. The van der Waals surface area contributed by atoms with E-state index in [-0.39, 0.29) is 11.2 Å². The van der Waals surface area contributed by atoms with Gasteiger partial charge in [-0.15, -0.1) is 0 Å². The quantitative estimate of drug-likeness (QED) is 0.838. The monoisotopic (exact) mass is 254 g/mol. The van der Waals surface area contributed by atoms with Gasteiger partial charge in [-0.25, -0.2) is 0 Å². The van der Waals surface area contributed by atoms with Crippen LogP contribution in [0.4, 0.5) is 0 Å². The second-order valence-electron chi connectivity index (χ2n) is 5.55. The summed E-state index contributed by atoms with van der Waals surface area (Å²) < 4.78 is 0. The largest absolute Gasteiger partial charge is 0.317 e. The van der Waals surface area contributed by atoms with Crippen LogP contribution in [0.1, 0.15) is 30.1 Å². The van der Waals surface area contributed by atoms with Gasteiger partial charge < -0.3 is 5.32 Å². The standard InChI is InChI=1S/C16H18N2O/c1-16(6-9-17-10-7-16)15(19)13-4-5-14-12(11-13)3-2-8-18-14/h2-5,8,11,17H,6-7,9-10H2,1H3. The third kappa shape index (κ3) is 2.26. The second kappa shape index (κ2) is 4.74. The fourth-order valence-corrected chi connectivity index (χ4v) is 2.77. The molecule has 0 saturated carbocycles. The van der Waals surface area contributed by atoms with Crippen molar-refractivity contribution in [2.45, 2.75) is 19.8 Å². The zero-order valence-corrected chi connectivity index (χ0v) is 11.1. The first-order valence-corrected chi connectivity index (χ1v) is 6.79. The maximum Gasteiger partial charge on any atom is 0.168 e. The molecule has 0 unspecified atom stereocenters. The van der Waals surface area contributed by atoms with Crippen LogP contribution in [0.2, 0.25) is 0 Å². The number of pyridine rings is 1. The number of ketones is 1. The highest BCUT2D eigenvalue weighted by molar-refractivity contribution is 6.02. The normalized spacial score (nSPS) is 18.4. The number of fused-ring (bicyclic) bond motifs is 1. The highest BCUT2D eigenvalue weighted by Gasteiger charge is 2.34. The van der Waals surface area contributed by atoms with Gasteiger partial charge in [-0.2, -0.15) is 0 Å². The van der Waals surface area contributed by atoms with E-state index in [0.717, 1.165) is 42.4 Å². The van der Waals surface area contributed by atoms with Gasteiger partial charge in [-0.05, 0) is 50.2 Å². The molecule has 3 rings (SSSR count). The molecular weight excluding hydrogens is 236 g/mol. The summed E-state index contributed by atoms with van der Waals surface area (Å²) in [5.41, 5.74) is 1.53. The Labute approximate surface area is 113 Å². The van der Waals surface area contributed by atoms with Crippen molar-refractivity contribution < 1.29 is 4.79 Å². The van der Waals surface area contributed by atoms with Crippen molar-refractivity contribution in [1.29, 1.82) is 0 Å². The Morgan fingerprint density at radius 2 is 2.05 bits per heavy atom. The predicted molar refractivity (Wildman–Crippen MR) is 76.3 cm³/mol. The number of nitrogens with one attached hydrogen (secondary N) is 1. The van der Waals surface area contributed by atoms with Crippen LogP contribution in [0.25, 0.3) is 10.9 Å². The van der Waals surface area contributed by atoms with E-state index < -0.39 is 0 Å². The number of carbonyl (C=O) groups is 1. The summed E-state index contributed by atoms with van der Waals surface area (Å²) in [5, 5.41) is 4.35. The highest BCUT2D eigenvalue weighted by atomic mass is 16.1. The zero-order chi connectivity index (χ0) is 13.3. The minimum atomic E-state index is -0.221. The van der Waals surface area contributed by atoms with E-state index in [9.17, 15) is 4.79 Å². The van der Waals surface area contributed by atoms with Gasteiger partial charge in [-0.3, -0.25) is 9.78 Å². The Kier molecular flexibility index (Phi) is 3.07. The highest BCUT2D eigenvalue weighted by Crippen LogP contribution is 2.32. The molecule has 0 spiro atoms. The first-order chi connectivity index (χ1) is 9.19. The maximum absolute atomic E-state index is 12.7. The van der Waals surface area contributed by atoms with Gasteiger partial charge in [0.2, 0.25) is 0 Å². The molecule has 98 valence electrons. The van der Waals surface area contributed by atoms with Crippen LogP contribution in [0, 0.1) is 5.41 Å². The molecule has 1 aromatic carbocycles. The Bertz CT molecular complexity index is 615. The van der Waals surface area contributed by atoms with Crippen molar-refractivity contribution in [2.75, 3.05) is 13.1 Å². The average molecular weight is 254 g/mol. The average Bonchev–Trinajstić information content (AvgIpc) is 2.47. The van der Waals surface area contributed by atoms with E-state index in [0.29, 0.717) is 0 Å². The van der Waals surface area contributed by atoms with Gasteiger partial charge in [0.15, 0.2) is 5.78 Å². The van der Waals surface area contributed by atoms with Crippen molar-refractivity contribution in [3.8, 4) is 0 Å². The molecule has 1 saturated heterocycles. The number of nitrogens with zero attached hydrogens (tertiary/aromatic N) is 1. The van der Waals surface area contributed by atoms with E-state index >= 15 is 0 Å². The molecule has 1 fully saturated rings. The molecule has 0 amide bonds. The molecule has 0 aliphatic carbocycles. The van der Waals surface area contributed by atoms with Gasteiger partial charge in [0.25, 0.3) is 0 Å². The van der Waals surface area contributed by atoms with Crippen LogP contribution in [0.3, 0.4) is 0 Å². The van der Waals surface area contributed by atoms with E-state index in [1.165, 1.54) is 0 Å². The number of hydrogen-bond acceptors (Lipinski definition) is 3. The molecular formula is C16H18N2O. The lowest BCUT2D eigenvalue weighted by Crippen LogP contribution is -2.40. The van der Waals surface area contributed by atoms with Gasteiger partial charge in [0, 0.05) is 22.6 Å². The predicted octanol–water partition coefficient (Wildman–Crippen LogP) is 2.81. The number of benzene rings is 1. The van der Waals surface area contributed by atoms with Gasteiger partial charge >= 0.3 is 0 Å².